The molecular weight excluding hydrogens is 272 g/mol. The molecule has 0 fully saturated rings. The van der Waals surface area contributed by atoms with Gasteiger partial charge in [-0.3, -0.25) is 4.79 Å². The first-order chi connectivity index (χ1) is 8.99. The molecule has 0 bridgehead atoms. The van der Waals surface area contributed by atoms with Gasteiger partial charge in [-0.25, -0.2) is 0 Å². The number of hydrogen-bond acceptors (Lipinski definition) is 5. The summed E-state index contributed by atoms with van der Waals surface area (Å²) < 4.78 is 9.69. The van der Waals surface area contributed by atoms with Crippen molar-refractivity contribution in [1.82, 2.24) is 0 Å². The molecule has 0 spiro atoms. The molecule has 0 saturated heterocycles. The highest BCUT2D eigenvalue weighted by Gasteiger charge is 2.22. The highest BCUT2D eigenvalue weighted by molar-refractivity contribution is 6.32. The molecule has 0 radical (unpaired) electrons. The summed E-state index contributed by atoms with van der Waals surface area (Å²) in [5, 5.41) is 20.0. The Kier molecular flexibility index (Phi) is 6.08. The maximum Gasteiger partial charge on any atom is 0.308 e. The SMILES string of the molecule is CCOC(=O)CC(O)C(O)c1ccc(OC)c(Cl)c1. The molecule has 0 saturated carbocycles. The lowest BCUT2D eigenvalue weighted by Gasteiger charge is -2.18. The molecule has 1 rings (SSSR count). The van der Waals surface area contributed by atoms with Gasteiger partial charge < -0.3 is 19.7 Å². The van der Waals surface area contributed by atoms with E-state index in [1.54, 1.807) is 19.1 Å². The molecule has 1 aromatic carbocycles. The van der Waals surface area contributed by atoms with Gasteiger partial charge in [0, 0.05) is 0 Å². The van der Waals surface area contributed by atoms with E-state index in [0.29, 0.717) is 16.3 Å². The molecular formula is C13H17ClO5. The van der Waals surface area contributed by atoms with Crippen molar-refractivity contribution in [2.75, 3.05) is 13.7 Å². The van der Waals surface area contributed by atoms with Crippen LogP contribution in [0.2, 0.25) is 5.02 Å². The van der Waals surface area contributed by atoms with Gasteiger partial charge in [0.1, 0.15) is 11.9 Å². The van der Waals surface area contributed by atoms with Crippen molar-refractivity contribution in [3.63, 3.8) is 0 Å². The van der Waals surface area contributed by atoms with Gasteiger partial charge in [-0.1, -0.05) is 17.7 Å². The third kappa shape index (κ3) is 4.38. The average Bonchev–Trinajstić information content (AvgIpc) is 2.37. The molecule has 0 aliphatic carbocycles. The lowest BCUT2D eigenvalue weighted by atomic mass is 10.0. The van der Waals surface area contributed by atoms with Crippen LogP contribution in [0.4, 0.5) is 0 Å². The summed E-state index contributed by atoms with van der Waals surface area (Å²) in [6.07, 6.45) is -2.74. The van der Waals surface area contributed by atoms with Gasteiger partial charge in [0.2, 0.25) is 0 Å². The van der Waals surface area contributed by atoms with E-state index in [2.05, 4.69) is 0 Å². The molecule has 0 amide bonds. The molecule has 0 aliphatic rings. The minimum absolute atomic E-state index is 0.232. The highest BCUT2D eigenvalue weighted by atomic mass is 35.5. The van der Waals surface area contributed by atoms with E-state index in [1.165, 1.54) is 13.2 Å². The Hall–Kier alpha value is -1.30. The van der Waals surface area contributed by atoms with Gasteiger partial charge in [-0.15, -0.1) is 0 Å². The van der Waals surface area contributed by atoms with Crippen LogP contribution in [0.5, 0.6) is 5.75 Å². The van der Waals surface area contributed by atoms with Gasteiger partial charge in [0.15, 0.2) is 0 Å². The van der Waals surface area contributed by atoms with Crippen LogP contribution in [0.1, 0.15) is 25.0 Å². The number of halogens is 1. The van der Waals surface area contributed by atoms with Crippen molar-refractivity contribution in [2.45, 2.75) is 25.6 Å². The number of hydrogen-bond donors (Lipinski definition) is 2. The molecule has 106 valence electrons. The van der Waals surface area contributed by atoms with E-state index < -0.39 is 18.2 Å². The number of carbonyl (C=O) groups is 1. The molecule has 0 aliphatic heterocycles. The molecule has 0 aromatic heterocycles. The van der Waals surface area contributed by atoms with Gasteiger partial charge in [0.25, 0.3) is 0 Å². The Morgan fingerprint density at radius 3 is 2.63 bits per heavy atom. The van der Waals surface area contributed by atoms with E-state index in [-0.39, 0.29) is 13.0 Å². The quantitative estimate of drug-likeness (QED) is 0.779. The van der Waals surface area contributed by atoms with Crippen LogP contribution in [-0.4, -0.2) is 36.0 Å². The first-order valence-electron chi connectivity index (χ1n) is 5.84. The summed E-state index contributed by atoms with van der Waals surface area (Å²) in [4.78, 5) is 11.2. The first-order valence-corrected chi connectivity index (χ1v) is 6.22. The minimum atomic E-state index is -1.25. The second-order valence-corrected chi connectivity index (χ2v) is 4.32. The van der Waals surface area contributed by atoms with Crippen LogP contribution in [0, 0.1) is 0 Å². The van der Waals surface area contributed by atoms with Crippen molar-refractivity contribution in [3.8, 4) is 5.75 Å². The van der Waals surface area contributed by atoms with E-state index in [1.807, 2.05) is 0 Å². The lowest BCUT2D eigenvalue weighted by molar-refractivity contribution is -0.147. The summed E-state index contributed by atoms with van der Waals surface area (Å²) in [5.74, 6) is -0.0915. The Bertz CT molecular complexity index is 435. The van der Waals surface area contributed by atoms with Crippen LogP contribution in [0.15, 0.2) is 18.2 Å². The standard InChI is InChI=1S/C13H17ClO5/c1-3-19-12(16)7-10(15)13(17)8-4-5-11(18-2)9(14)6-8/h4-6,10,13,15,17H,3,7H2,1-2H3. The first kappa shape index (κ1) is 15.8. The van der Waals surface area contributed by atoms with Crippen molar-refractivity contribution in [1.29, 1.82) is 0 Å². The van der Waals surface area contributed by atoms with Gasteiger partial charge >= 0.3 is 5.97 Å². The molecule has 0 heterocycles. The molecule has 6 heteroatoms. The lowest BCUT2D eigenvalue weighted by Crippen LogP contribution is -2.23. The number of esters is 1. The Labute approximate surface area is 116 Å². The summed E-state index contributed by atoms with van der Waals surface area (Å²) in [6.45, 7) is 1.90. The van der Waals surface area contributed by atoms with Gasteiger partial charge in [0.05, 0.1) is 31.3 Å². The number of methoxy groups -OCH3 is 1. The maximum absolute atomic E-state index is 11.2. The van der Waals surface area contributed by atoms with Crippen LogP contribution < -0.4 is 4.74 Å². The summed E-state index contributed by atoms with van der Waals surface area (Å²) in [7, 11) is 1.48. The zero-order chi connectivity index (χ0) is 14.4. The summed E-state index contributed by atoms with van der Waals surface area (Å²) in [6, 6.07) is 4.64. The predicted octanol–water partition coefficient (Wildman–Crippen LogP) is 1.70. The molecule has 2 N–H and O–H groups in total. The Balaban J connectivity index is 2.73. The van der Waals surface area contributed by atoms with Crippen LogP contribution in [0.3, 0.4) is 0 Å². The Morgan fingerprint density at radius 2 is 2.11 bits per heavy atom. The molecule has 2 atom stereocenters. The number of aliphatic hydroxyl groups excluding tert-OH is 2. The number of benzene rings is 1. The molecule has 5 nitrogen and oxygen atoms in total. The summed E-state index contributed by atoms with van der Waals surface area (Å²) >= 11 is 5.92. The van der Waals surface area contributed by atoms with E-state index in [0.717, 1.165) is 0 Å². The van der Waals surface area contributed by atoms with Crippen LogP contribution in [0.25, 0.3) is 0 Å². The fraction of sp³-hybridized carbons (Fsp3) is 0.462. The topological polar surface area (TPSA) is 76.0 Å². The van der Waals surface area contributed by atoms with Crippen molar-refractivity contribution < 1.29 is 24.5 Å². The number of aliphatic hydroxyl groups is 2. The number of ether oxygens (including phenoxy) is 2. The van der Waals surface area contributed by atoms with Gasteiger partial charge in [-0.05, 0) is 24.6 Å². The third-order valence-corrected chi connectivity index (χ3v) is 2.86. The van der Waals surface area contributed by atoms with Crippen LogP contribution >= 0.6 is 11.6 Å². The zero-order valence-corrected chi connectivity index (χ0v) is 11.6. The summed E-state index contributed by atoms with van der Waals surface area (Å²) in [5.41, 5.74) is 0.405. The Morgan fingerprint density at radius 1 is 1.42 bits per heavy atom. The zero-order valence-electron chi connectivity index (χ0n) is 10.8. The minimum Gasteiger partial charge on any atom is -0.495 e. The fourth-order valence-electron chi connectivity index (χ4n) is 1.59. The average molecular weight is 289 g/mol. The molecule has 1 aromatic rings. The normalized spacial score (nSPS) is 13.7. The maximum atomic E-state index is 11.2. The third-order valence-electron chi connectivity index (χ3n) is 2.56. The van der Waals surface area contributed by atoms with E-state index in [4.69, 9.17) is 21.1 Å². The largest absolute Gasteiger partial charge is 0.495 e. The second-order valence-electron chi connectivity index (χ2n) is 3.92. The van der Waals surface area contributed by atoms with E-state index >= 15 is 0 Å². The number of carbonyl (C=O) groups excluding carboxylic acids is 1. The second kappa shape index (κ2) is 7.33. The van der Waals surface area contributed by atoms with Crippen LogP contribution in [-0.2, 0) is 9.53 Å². The van der Waals surface area contributed by atoms with Crippen molar-refractivity contribution in [2.24, 2.45) is 0 Å². The number of rotatable bonds is 6. The van der Waals surface area contributed by atoms with Gasteiger partial charge in [-0.2, -0.15) is 0 Å². The predicted molar refractivity (Wildman–Crippen MR) is 70.2 cm³/mol. The van der Waals surface area contributed by atoms with Crippen molar-refractivity contribution >= 4 is 17.6 Å². The van der Waals surface area contributed by atoms with E-state index in [9.17, 15) is 15.0 Å². The molecule has 19 heavy (non-hydrogen) atoms. The molecule has 2 unspecified atom stereocenters. The highest BCUT2D eigenvalue weighted by Crippen LogP contribution is 2.29. The smallest absolute Gasteiger partial charge is 0.308 e. The fourth-order valence-corrected chi connectivity index (χ4v) is 1.86. The monoisotopic (exact) mass is 288 g/mol. The van der Waals surface area contributed by atoms with Crippen molar-refractivity contribution in [3.05, 3.63) is 28.8 Å².